The van der Waals surface area contributed by atoms with E-state index >= 15 is 0 Å². The third-order valence-corrected chi connectivity index (χ3v) is 4.67. The van der Waals surface area contributed by atoms with E-state index in [1.54, 1.807) is 12.4 Å². The van der Waals surface area contributed by atoms with Gasteiger partial charge in [0.2, 0.25) is 5.91 Å². The molecule has 1 aliphatic heterocycles. The first kappa shape index (κ1) is 14.9. The molecule has 0 spiro atoms. The lowest BCUT2D eigenvalue weighted by Gasteiger charge is -2.17. The molecule has 1 aromatic carbocycles. The first-order valence-electron chi connectivity index (χ1n) is 8.34. The Labute approximate surface area is 140 Å². The fraction of sp³-hybridized carbons (Fsp3) is 0.316. The van der Waals surface area contributed by atoms with Gasteiger partial charge in [0.15, 0.2) is 0 Å². The zero-order valence-corrected chi connectivity index (χ0v) is 13.4. The highest BCUT2D eigenvalue weighted by Gasteiger charge is 2.37. The summed E-state index contributed by atoms with van der Waals surface area (Å²) in [6, 6.07) is 9.41. The van der Waals surface area contributed by atoms with E-state index < -0.39 is 0 Å². The van der Waals surface area contributed by atoms with Gasteiger partial charge in [0.25, 0.3) is 5.91 Å². The summed E-state index contributed by atoms with van der Waals surface area (Å²) in [5.41, 5.74) is 3.58. The monoisotopic (exact) mass is 321 g/mol. The molecule has 24 heavy (non-hydrogen) atoms. The lowest BCUT2D eigenvalue weighted by Crippen LogP contribution is -2.30. The van der Waals surface area contributed by atoms with Gasteiger partial charge in [-0.25, -0.2) is 0 Å². The van der Waals surface area contributed by atoms with Gasteiger partial charge in [0.1, 0.15) is 0 Å². The lowest BCUT2D eigenvalue weighted by atomic mass is 10.0. The van der Waals surface area contributed by atoms with Gasteiger partial charge in [-0.05, 0) is 54.7 Å². The minimum Gasteiger partial charge on any atom is -0.348 e. The van der Waals surface area contributed by atoms with Gasteiger partial charge in [0, 0.05) is 42.7 Å². The second kappa shape index (κ2) is 6.07. The maximum Gasteiger partial charge on any atom is 0.251 e. The van der Waals surface area contributed by atoms with E-state index in [0.717, 1.165) is 36.1 Å². The van der Waals surface area contributed by atoms with Crippen LogP contribution in [-0.2, 0) is 17.8 Å². The largest absolute Gasteiger partial charge is 0.348 e. The van der Waals surface area contributed by atoms with Crippen LogP contribution < -0.4 is 10.2 Å². The van der Waals surface area contributed by atoms with Crippen LogP contribution in [0.2, 0.25) is 0 Å². The van der Waals surface area contributed by atoms with Crippen LogP contribution in [0.5, 0.6) is 0 Å². The van der Waals surface area contributed by atoms with E-state index in [0.29, 0.717) is 18.7 Å². The highest BCUT2D eigenvalue weighted by molar-refractivity contribution is 6.02. The number of carbonyl (C=O) groups is 2. The normalized spacial score (nSPS) is 15.9. The standard InChI is InChI=1S/C19H19N3O2/c23-18(21-12-13-6-9-20-10-7-13)16-2-1-3-17-15(16)8-11-22(17)19(24)14-4-5-14/h1-3,6-7,9-10,14H,4-5,8,11-12H2,(H,21,23). The van der Waals surface area contributed by atoms with Crippen molar-refractivity contribution >= 4 is 17.5 Å². The Morgan fingerprint density at radius 3 is 2.71 bits per heavy atom. The van der Waals surface area contributed by atoms with Crippen molar-refractivity contribution in [3.05, 3.63) is 59.4 Å². The van der Waals surface area contributed by atoms with Crippen LogP contribution in [0, 0.1) is 5.92 Å². The first-order valence-corrected chi connectivity index (χ1v) is 8.34. The maximum absolute atomic E-state index is 12.6. The quantitative estimate of drug-likeness (QED) is 0.940. The Bertz CT molecular complexity index is 784. The number of carbonyl (C=O) groups excluding carboxylic acids is 2. The molecule has 2 amide bonds. The smallest absolute Gasteiger partial charge is 0.251 e. The molecular formula is C19H19N3O2. The average Bonchev–Trinajstić information content (AvgIpc) is 3.38. The summed E-state index contributed by atoms with van der Waals surface area (Å²) >= 11 is 0. The van der Waals surface area contributed by atoms with E-state index in [4.69, 9.17) is 0 Å². The molecule has 2 heterocycles. The average molecular weight is 321 g/mol. The highest BCUT2D eigenvalue weighted by Crippen LogP contribution is 2.37. The molecule has 1 N–H and O–H groups in total. The van der Waals surface area contributed by atoms with Crippen molar-refractivity contribution in [3.8, 4) is 0 Å². The Balaban J connectivity index is 1.52. The van der Waals surface area contributed by atoms with Crippen molar-refractivity contribution in [1.82, 2.24) is 10.3 Å². The zero-order chi connectivity index (χ0) is 16.5. The molecule has 122 valence electrons. The predicted octanol–water partition coefficient (Wildman–Crippen LogP) is 2.31. The third kappa shape index (κ3) is 2.77. The fourth-order valence-corrected chi connectivity index (χ4v) is 3.20. The number of fused-ring (bicyclic) bond motifs is 1. The summed E-state index contributed by atoms with van der Waals surface area (Å²) in [6.45, 7) is 1.15. The molecule has 5 nitrogen and oxygen atoms in total. The molecule has 0 atom stereocenters. The highest BCUT2D eigenvalue weighted by atomic mass is 16.2. The summed E-state index contributed by atoms with van der Waals surface area (Å²) in [6.07, 6.45) is 6.16. The molecule has 5 heteroatoms. The molecule has 1 fully saturated rings. The third-order valence-electron chi connectivity index (χ3n) is 4.67. The van der Waals surface area contributed by atoms with Gasteiger partial charge < -0.3 is 10.2 Å². The second-order valence-corrected chi connectivity index (χ2v) is 6.36. The van der Waals surface area contributed by atoms with E-state index in [-0.39, 0.29) is 17.7 Å². The molecule has 2 aliphatic rings. The molecule has 1 saturated carbocycles. The van der Waals surface area contributed by atoms with Crippen molar-refractivity contribution in [2.45, 2.75) is 25.8 Å². The molecule has 1 aliphatic carbocycles. The summed E-state index contributed by atoms with van der Waals surface area (Å²) in [5, 5.41) is 2.95. The fourth-order valence-electron chi connectivity index (χ4n) is 3.20. The Morgan fingerprint density at radius 2 is 1.96 bits per heavy atom. The molecule has 0 unspecified atom stereocenters. The van der Waals surface area contributed by atoms with Crippen molar-refractivity contribution in [2.75, 3.05) is 11.4 Å². The van der Waals surface area contributed by atoms with Crippen LogP contribution in [-0.4, -0.2) is 23.3 Å². The van der Waals surface area contributed by atoms with Crippen LogP contribution in [0.1, 0.15) is 34.3 Å². The Morgan fingerprint density at radius 1 is 1.17 bits per heavy atom. The summed E-state index contributed by atoms with van der Waals surface area (Å²) in [5.74, 6) is 0.313. The van der Waals surface area contributed by atoms with Gasteiger partial charge in [-0.1, -0.05) is 6.07 Å². The number of aromatic nitrogens is 1. The van der Waals surface area contributed by atoms with Crippen molar-refractivity contribution in [2.24, 2.45) is 5.92 Å². The van der Waals surface area contributed by atoms with Crippen LogP contribution in [0.4, 0.5) is 5.69 Å². The Hall–Kier alpha value is -2.69. The van der Waals surface area contributed by atoms with Gasteiger partial charge >= 0.3 is 0 Å². The topological polar surface area (TPSA) is 62.3 Å². The number of nitrogens with one attached hydrogen (secondary N) is 1. The van der Waals surface area contributed by atoms with Crippen molar-refractivity contribution in [3.63, 3.8) is 0 Å². The molecule has 4 rings (SSSR count). The van der Waals surface area contributed by atoms with Crippen LogP contribution in [0.25, 0.3) is 0 Å². The summed E-state index contributed by atoms with van der Waals surface area (Å²) in [4.78, 5) is 30.8. The van der Waals surface area contributed by atoms with Gasteiger partial charge in [-0.15, -0.1) is 0 Å². The molecule has 2 aromatic rings. The van der Waals surface area contributed by atoms with Gasteiger partial charge in [-0.3, -0.25) is 14.6 Å². The zero-order valence-electron chi connectivity index (χ0n) is 13.4. The number of nitrogens with zero attached hydrogens (tertiary/aromatic N) is 2. The minimum absolute atomic E-state index is 0.0932. The predicted molar refractivity (Wildman–Crippen MR) is 90.6 cm³/mol. The number of hydrogen-bond acceptors (Lipinski definition) is 3. The Kier molecular flexibility index (Phi) is 3.76. The molecule has 0 radical (unpaired) electrons. The summed E-state index contributed by atoms with van der Waals surface area (Å²) < 4.78 is 0. The molecule has 0 bridgehead atoms. The van der Waals surface area contributed by atoms with E-state index in [1.807, 2.05) is 35.2 Å². The number of benzene rings is 1. The molecule has 1 aromatic heterocycles. The second-order valence-electron chi connectivity index (χ2n) is 6.36. The van der Waals surface area contributed by atoms with Crippen LogP contribution >= 0.6 is 0 Å². The maximum atomic E-state index is 12.6. The minimum atomic E-state index is -0.0932. The summed E-state index contributed by atoms with van der Waals surface area (Å²) in [7, 11) is 0. The molecular weight excluding hydrogens is 302 g/mol. The van der Waals surface area contributed by atoms with Crippen LogP contribution in [0.3, 0.4) is 0 Å². The van der Waals surface area contributed by atoms with Gasteiger partial charge in [-0.2, -0.15) is 0 Å². The van der Waals surface area contributed by atoms with Gasteiger partial charge in [0.05, 0.1) is 0 Å². The van der Waals surface area contributed by atoms with Crippen LogP contribution in [0.15, 0.2) is 42.7 Å². The number of pyridine rings is 1. The van der Waals surface area contributed by atoms with E-state index in [9.17, 15) is 9.59 Å². The SMILES string of the molecule is O=C(NCc1ccncc1)c1cccc2c1CCN2C(=O)C1CC1. The number of rotatable bonds is 4. The number of amides is 2. The van der Waals surface area contributed by atoms with E-state index in [2.05, 4.69) is 10.3 Å². The van der Waals surface area contributed by atoms with Crippen molar-refractivity contribution < 1.29 is 9.59 Å². The first-order chi connectivity index (χ1) is 11.7. The number of anilines is 1. The lowest BCUT2D eigenvalue weighted by molar-refractivity contribution is -0.119. The molecule has 0 saturated heterocycles. The van der Waals surface area contributed by atoms with E-state index in [1.165, 1.54) is 0 Å². The number of hydrogen-bond donors (Lipinski definition) is 1. The van der Waals surface area contributed by atoms with Crippen molar-refractivity contribution in [1.29, 1.82) is 0 Å².